The van der Waals surface area contributed by atoms with E-state index in [9.17, 15) is 0 Å². The molecule has 0 amide bonds. The second kappa shape index (κ2) is 25.4. The van der Waals surface area contributed by atoms with Gasteiger partial charge in [-0.3, -0.25) is 0 Å². The van der Waals surface area contributed by atoms with Crippen molar-refractivity contribution in [1.82, 2.24) is 0 Å². The molecule has 0 spiro atoms. The summed E-state index contributed by atoms with van der Waals surface area (Å²) in [5.41, 5.74) is 23.1. The summed E-state index contributed by atoms with van der Waals surface area (Å²) in [6.45, 7) is 27.5. The van der Waals surface area contributed by atoms with Gasteiger partial charge in [-0.05, 0) is 253 Å². The van der Waals surface area contributed by atoms with E-state index in [0.29, 0.717) is 27.3 Å². The van der Waals surface area contributed by atoms with Gasteiger partial charge >= 0.3 is 0 Å². The molecule has 0 aliphatic rings. The molecule has 340 valence electrons. The Morgan fingerprint density at radius 3 is 1.00 bits per heavy atom. The van der Waals surface area contributed by atoms with Crippen molar-refractivity contribution in [1.29, 1.82) is 0 Å². The molecule has 7 aromatic carbocycles. The first-order valence-corrected chi connectivity index (χ1v) is 28.2. The quantitative estimate of drug-likeness (QED) is 0.0645. The number of benzene rings is 7. The third-order valence-corrected chi connectivity index (χ3v) is 19.6. The highest BCUT2D eigenvalue weighted by Gasteiger charge is 2.43. The molecule has 82 heavy (non-hydrogen) atoms. The molecule has 40 radical (unpaired) electrons. The SMILES string of the molecule is [B][B]B([B])B(B([B])[B])c1c(B(B([B])[B])B([B])[B])c(B([B][B])B([B])[B])c(B([B])B([B])[B])c2c(B([B])[B][B])c(-c3c4c(C)c(C)c(C)c(C)c4c(-c4c(C)c(C)c5c(C)c(C)c(C)c(C)c5c4C)c4c(C)c(C)c(C)c(C)c34)c([B][B])c([B])c12. The molecule has 0 fully saturated rings. The van der Waals surface area contributed by atoms with Crippen LogP contribution in [0.3, 0.4) is 0 Å². The monoisotopic (exact) mass is 997 g/mol. The number of fused-ring (bicyclic) bond motifs is 4. The molecule has 0 heterocycles. The van der Waals surface area contributed by atoms with Crippen LogP contribution in [-0.2, 0) is 0 Å². The predicted molar refractivity (Wildman–Crippen MR) is 406 cm³/mol. The second-order valence-electron chi connectivity index (χ2n) is 23.6. The zero-order chi connectivity index (χ0) is 61.8. The van der Waals surface area contributed by atoms with Gasteiger partial charge in [-0.25, -0.2) is 0 Å². The van der Waals surface area contributed by atoms with Crippen molar-refractivity contribution in [2.75, 3.05) is 0 Å². The van der Waals surface area contributed by atoms with Crippen LogP contribution in [0.25, 0.3) is 65.3 Å². The van der Waals surface area contributed by atoms with Crippen molar-refractivity contribution in [3.63, 3.8) is 0 Å². The highest BCUT2D eigenvalue weighted by atomic mass is 14.3. The van der Waals surface area contributed by atoms with Crippen LogP contribution in [0.5, 0.6) is 0 Å². The average molecular weight is 991 g/mol. The Morgan fingerprint density at radius 1 is 0.280 bits per heavy atom. The van der Waals surface area contributed by atoms with E-state index in [0.717, 1.165) is 77.2 Å². The molecule has 0 unspecified atom stereocenters. The van der Waals surface area contributed by atoms with E-state index in [4.69, 9.17) is 139 Å². The van der Waals surface area contributed by atoms with Crippen LogP contribution < -0.4 is 38.2 Å². The zero-order valence-corrected chi connectivity index (χ0v) is 51.1. The van der Waals surface area contributed by atoms with Crippen LogP contribution in [0.1, 0.15) is 83.5 Å². The van der Waals surface area contributed by atoms with Crippen molar-refractivity contribution in [3.05, 3.63) is 83.5 Å². The molecule has 7 rings (SSSR count). The maximum Gasteiger partial charge on any atom is 0.113 e. The predicted octanol–water partition coefficient (Wildman–Crippen LogP) is -4.08. The summed E-state index contributed by atoms with van der Waals surface area (Å²) in [6.07, 6.45) is -7.42. The van der Waals surface area contributed by atoms with Gasteiger partial charge in [0.1, 0.15) is 7.85 Å². The van der Waals surface area contributed by atoms with E-state index in [-0.39, 0.29) is 27.2 Å². The van der Waals surface area contributed by atoms with Crippen molar-refractivity contribution in [2.24, 2.45) is 0 Å². The molecule has 0 saturated heterocycles. The highest BCUT2D eigenvalue weighted by Crippen LogP contribution is 2.53. The molecule has 33 heteroatoms. The van der Waals surface area contributed by atoms with Gasteiger partial charge in [-0.2, -0.15) is 0 Å². The Bertz CT molecular complexity index is 3650. The van der Waals surface area contributed by atoms with Crippen LogP contribution in [0.4, 0.5) is 0 Å². The van der Waals surface area contributed by atoms with Crippen molar-refractivity contribution < 1.29 is 0 Å². The fourth-order valence-electron chi connectivity index (χ4n) is 14.3. The van der Waals surface area contributed by atoms with Gasteiger partial charge in [-0.15, -0.1) is 10.9 Å². The van der Waals surface area contributed by atoms with Gasteiger partial charge in [0.05, 0.1) is 39.6 Å². The largest absolute Gasteiger partial charge is 0.113 e. The highest BCUT2D eigenvalue weighted by molar-refractivity contribution is 7.89. The summed E-state index contributed by atoms with van der Waals surface area (Å²) >= 11 is 0. The van der Waals surface area contributed by atoms with Crippen LogP contribution >= 0.6 is 0 Å². The summed E-state index contributed by atoms with van der Waals surface area (Å²) in [7, 11) is 131. The molecule has 0 N–H and O–H groups in total. The molecule has 0 aromatic heterocycles. The smallest absolute Gasteiger partial charge is 0.113 e. The molecule has 0 nitrogen and oxygen atoms in total. The summed E-state index contributed by atoms with van der Waals surface area (Å²) in [6, 6.07) is 0. The lowest BCUT2D eigenvalue weighted by molar-refractivity contribution is 1.22. The summed E-state index contributed by atoms with van der Waals surface area (Å²) in [5, 5.41) is 7.17. The van der Waals surface area contributed by atoms with Gasteiger partial charge in [0.15, 0.2) is 0 Å². The molecule has 0 saturated carbocycles. The fourth-order valence-corrected chi connectivity index (χ4v) is 14.3. The lowest BCUT2D eigenvalue weighted by Gasteiger charge is -2.42. The standard InChI is InChI=1S/C49H45B33/c1-16-17(2)23(8)32-30(15)33(29(14)28(13)31(32)22(16)7)38-34-24(9)18(3)20(5)26(11)36(34)39(37-27(12)21(6)19(4)25(10)35(37)38)41-44(68-51)43(50)40-42(45(41)72(55)69-52)46(73(56)77(57)58)48(74(70-53)78(59)60)49(75(79(61)62)80(63)64)47(40)76(81(65)66)82(67)71-54/h1-15H3. The van der Waals surface area contributed by atoms with Crippen molar-refractivity contribution in [2.45, 2.75) is 104 Å². The minimum Gasteiger partial charge on any atom is -0.113 e. The minimum absolute atomic E-state index is 0.132. The topological polar surface area (TPSA) is 0 Å². The first-order valence-electron chi connectivity index (χ1n) is 28.2. The molecule has 0 bridgehead atoms. The molecule has 0 aliphatic heterocycles. The van der Waals surface area contributed by atoms with E-state index in [2.05, 4.69) is 104 Å². The minimum atomic E-state index is -1.28. The van der Waals surface area contributed by atoms with E-state index in [1.807, 2.05) is 0 Å². The lowest BCUT2D eigenvalue weighted by atomic mass is 8.66. The van der Waals surface area contributed by atoms with Gasteiger partial charge in [0.2, 0.25) is 0 Å². The fraction of sp³-hybridized carbons (Fsp3) is 0.306. The van der Waals surface area contributed by atoms with Crippen LogP contribution in [0.2, 0.25) is 0 Å². The van der Waals surface area contributed by atoms with Crippen molar-refractivity contribution in [3.8, 4) is 22.3 Å². The maximum absolute atomic E-state index is 7.99. The van der Waals surface area contributed by atoms with Crippen LogP contribution in [-0.4, -0.2) is 239 Å². The summed E-state index contributed by atoms with van der Waals surface area (Å²) < 4.78 is 0. The Balaban J connectivity index is 2.06. The molecule has 0 atom stereocenters. The Kier molecular flexibility index (Phi) is 20.9. The van der Waals surface area contributed by atoms with E-state index in [1.54, 1.807) is 0 Å². The Labute approximate surface area is 525 Å². The van der Waals surface area contributed by atoms with E-state index in [1.165, 1.54) is 83.6 Å². The van der Waals surface area contributed by atoms with Gasteiger partial charge in [0, 0.05) is 191 Å². The van der Waals surface area contributed by atoms with Gasteiger partial charge in [0.25, 0.3) is 0 Å². The lowest BCUT2D eigenvalue weighted by Crippen LogP contribution is -2.80. The first-order chi connectivity index (χ1) is 38.2. The third-order valence-electron chi connectivity index (χ3n) is 19.6. The first kappa shape index (κ1) is 67.2. The van der Waals surface area contributed by atoms with Crippen molar-refractivity contribution >= 4 is 320 Å². The van der Waals surface area contributed by atoms with E-state index < -0.39 is 70.8 Å². The summed E-state index contributed by atoms with van der Waals surface area (Å²) in [5.74, 6) is 0. The van der Waals surface area contributed by atoms with Crippen LogP contribution in [0, 0.1) is 104 Å². The Hall–Kier alpha value is -2.28. The third kappa shape index (κ3) is 10.4. The van der Waals surface area contributed by atoms with Crippen LogP contribution in [0.15, 0.2) is 0 Å². The van der Waals surface area contributed by atoms with Gasteiger partial charge in [-0.1, -0.05) is 27.3 Å². The average Bonchev–Trinajstić information content (AvgIpc) is 3.61. The molecule has 0 aliphatic carbocycles. The Morgan fingerprint density at radius 2 is 0.659 bits per heavy atom. The number of rotatable bonds is 17. The zero-order valence-electron chi connectivity index (χ0n) is 51.1. The van der Waals surface area contributed by atoms with E-state index >= 15 is 0 Å². The normalized spacial score (nSPS) is 11.3. The number of hydrogen-bond acceptors (Lipinski definition) is 0. The molecule has 7 aromatic rings. The maximum atomic E-state index is 7.99. The number of aryl methyl sites for hydroxylation is 8. The molecular weight excluding hydrogens is 945 g/mol. The van der Waals surface area contributed by atoms with Gasteiger partial charge < -0.3 is 0 Å². The molecular formula is C49H45B33. The number of hydrogen-bond donors (Lipinski definition) is 0. The summed E-state index contributed by atoms with van der Waals surface area (Å²) in [4.78, 5) is 0. The second-order valence-corrected chi connectivity index (χ2v) is 23.6.